The first-order valence-electron chi connectivity index (χ1n) is 11.0. The third-order valence-electron chi connectivity index (χ3n) is 6.42. The Bertz CT molecular complexity index is 870. The maximum absolute atomic E-state index is 13.2. The van der Waals surface area contributed by atoms with E-state index < -0.39 is 0 Å². The van der Waals surface area contributed by atoms with E-state index in [9.17, 15) is 9.18 Å². The van der Waals surface area contributed by atoms with Crippen LogP contribution >= 0.6 is 0 Å². The molecule has 2 saturated heterocycles. The van der Waals surface area contributed by atoms with Gasteiger partial charge in [-0.15, -0.1) is 0 Å². The molecule has 0 bridgehead atoms. The first kappa shape index (κ1) is 20.8. The number of carbonyl (C=O) groups excluding carboxylic acids is 1. The molecule has 0 N–H and O–H groups in total. The standard InChI is InChI=1S/C23H32FN5O/c1-17(2)21-15-22(26(3)25-21)23(30)29-10-4-5-20(16-29)28-13-11-27(12-14-28)19-8-6-18(24)7-9-19/h6-9,15,17,20H,4-5,10-14,16H2,1-3H3. The molecule has 0 spiro atoms. The fraction of sp³-hybridized carbons (Fsp3) is 0.565. The second-order valence-electron chi connectivity index (χ2n) is 8.78. The molecule has 1 atom stereocenters. The fourth-order valence-electron chi connectivity index (χ4n) is 4.57. The molecule has 1 aromatic heterocycles. The average Bonchev–Trinajstić information content (AvgIpc) is 3.16. The Morgan fingerprint density at radius 2 is 1.80 bits per heavy atom. The molecule has 0 aliphatic carbocycles. The van der Waals surface area contributed by atoms with Gasteiger partial charge < -0.3 is 9.80 Å². The minimum absolute atomic E-state index is 0.0894. The van der Waals surface area contributed by atoms with E-state index in [-0.39, 0.29) is 11.7 Å². The van der Waals surface area contributed by atoms with Crippen LogP contribution in [0.4, 0.5) is 10.1 Å². The molecule has 0 saturated carbocycles. The zero-order chi connectivity index (χ0) is 21.3. The van der Waals surface area contributed by atoms with E-state index in [1.165, 1.54) is 12.1 Å². The van der Waals surface area contributed by atoms with Crippen LogP contribution in [-0.4, -0.2) is 70.8 Å². The number of piperazine rings is 1. The normalized spacial score (nSPS) is 20.8. The van der Waals surface area contributed by atoms with Crippen molar-refractivity contribution in [3.8, 4) is 0 Å². The largest absolute Gasteiger partial charge is 0.369 e. The summed E-state index contributed by atoms with van der Waals surface area (Å²) in [7, 11) is 1.86. The number of anilines is 1. The van der Waals surface area contributed by atoms with E-state index in [0.717, 1.165) is 63.5 Å². The van der Waals surface area contributed by atoms with Gasteiger partial charge in [-0.2, -0.15) is 5.10 Å². The van der Waals surface area contributed by atoms with E-state index >= 15 is 0 Å². The highest BCUT2D eigenvalue weighted by atomic mass is 19.1. The Kier molecular flexibility index (Phi) is 6.09. The van der Waals surface area contributed by atoms with Crippen molar-refractivity contribution in [1.29, 1.82) is 0 Å². The molecule has 2 aromatic rings. The quantitative estimate of drug-likeness (QED) is 0.773. The van der Waals surface area contributed by atoms with Crippen LogP contribution in [0.3, 0.4) is 0 Å². The van der Waals surface area contributed by atoms with Crippen molar-refractivity contribution in [2.24, 2.45) is 7.05 Å². The van der Waals surface area contributed by atoms with Gasteiger partial charge in [0.05, 0.1) is 5.69 Å². The van der Waals surface area contributed by atoms with Crippen LogP contribution in [0.5, 0.6) is 0 Å². The van der Waals surface area contributed by atoms with Crippen LogP contribution in [-0.2, 0) is 7.05 Å². The molecular formula is C23H32FN5O. The van der Waals surface area contributed by atoms with Gasteiger partial charge in [-0.3, -0.25) is 14.4 Å². The lowest BCUT2D eigenvalue weighted by Crippen LogP contribution is -2.56. The van der Waals surface area contributed by atoms with Crippen LogP contribution in [0, 0.1) is 5.82 Å². The maximum Gasteiger partial charge on any atom is 0.272 e. The topological polar surface area (TPSA) is 44.6 Å². The monoisotopic (exact) mass is 413 g/mol. The third-order valence-corrected chi connectivity index (χ3v) is 6.42. The molecule has 1 amide bonds. The van der Waals surface area contributed by atoms with Crippen molar-refractivity contribution in [3.05, 3.63) is 47.5 Å². The van der Waals surface area contributed by atoms with Gasteiger partial charge in [0.1, 0.15) is 11.5 Å². The summed E-state index contributed by atoms with van der Waals surface area (Å²) in [6.45, 7) is 9.56. The predicted octanol–water partition coefficient (Wildman–Crippen LogP) is 3.11. The van der Waals surface area contributed by atoms with Gasteiger partial charge >= 0.3 is 0 Å². The van der Waals surface area contributed by atoms with Crippen molar-refractivity contribution in [1.82, 2.24) is 19.6 Å². The number of amides is 1. The molecule has 2 aliphatic heterocycles. The first-order valence-corrected chi connectivity index (χ1v) is 11.0. The second-order valence-corrected chi connectivity index (χ2v) is 8.78. The average molecular weight is 414 g/mol. The van der Waals surface area contributed by atoms with E-state index in [1.807, 2.05) is 30.1 Å². The Labute approximate surface area is 178 Å². The first-order chi connectivity index (χ1) is 14.4. The molecule has 30 heavy (non-hydrogen) atoms. The lowest BCUT2D eigenvalue weighted by molar-refractivity contribution is 0.0553. The molecule has 7 heteroatoms. The zero-order valence-electron chi connectivity index (χ0n) is 18.2. The van der Waals surface area contributed by atoms with E-state index in [2.05, 4.69) is 28.7 Å². The Hall–Kier alpha value is -2.41. The van der Waals surface area contributed by atoms with E-state index in [1.54, 1.807) is 4.68 Å². The molecule has 3 heterocycles. The molecule has 162 valence electrons. The maximum atomic E-state index is 13.2. The lowest BCUT2D eigenvalue weighted by Gasteiger charge is -2.44. The second kappa shape index (κ2) is 8.76. The molecule has 1 aromatic carbocycles. The third kappa shape index (κ3) is 4.36. The fourth-order valence-corrected chi connectivity index (χ4v) is 4.57. The van der Waals surface area contributed by atoms with Gasteiger partial charge in [0.25, 0.3) is 5.91 Å². The van der Waals surface area contributed by atoms with Gasteiger partial charge in [-0.05, 0) is 49.1 Å². The Morgan fingerprint density at radius 3 is 2.43 bits per heavy atom. The number of hydrogen-bond acceptors (Lipinski definition) is 4. The smallest absolute Gasteiger partial charge is 0.272 e. The highest BCUT2D eigenvalue weighted by Gasteiger charge is 2.31. The summed E-state index contributed by atoms with van der Waals surface area (Å²) in [6.07, 6.45) is 2.16. The minimum Gasteiger partial charge on any atom is -0.369 e. The number of benzene rings is 1. The van der Waals surface area contributed by atoms with Gasteiger partial charge in [0.2, 0.25) is 0 Å². The summed E-state index contributed by atoms with van der Waals surface area (Å²) in [5.74, 6) is 0.203. The Balaban J connectivity index is 1.36. The number of aryl methyl sites for hydroxylation is 1. The number of carbonyl (C=O) groups is 1. The van der Waals surface area contributed by atoms with Crippen molar-refractivity contribution in [2.75, 3.05) is 44.2 Å². The number of halogens is 1. The molecule has 0 radical (unpaired) electrons. The zero-order valence-corrected chi connectivity index (χ0v) is 18.2. The number of nitrogens with zero attached hydrogens (tertiary/aromatic N) is 5. The van der Waals surface area contributed by atoms with E-state index in [0.29, 0.717) is 17.7 Å². The highest BCUT2D eigenvalue weighted by molar-refractivity contribution is 5.92. The van der Waals surface area contributed by atoms with Crippen molar-refractivity contribution in [3.63, 3.8) is 0 Å². The predicted molar refractivity (Wildman–Crippen MR) is 116 cm³/mol. The van der Waals surface area contributed by atoms with Crippen molar-refractivity contribution >= 4 is 11.6 Å². The summed E-state index contributed by atoms with van der Waals surface area (Å²) in [6, 6.07) is 9.09. The van der Waals surface area contributed by atoms with Gasteiger partial charge in [0, 0.05) is 58.0 Å². The van der Waals surface area contributed by atoms with Crippen molar-refractivity contribution < 1.29 is 9.18 Å². The number of rotatable bonds is 4. The van der Waals surface area contributed by atoms with Crippen molar-refractivity contribution in [2.45, 2.75) is 38.6 Å². The summed E-state index contributed by atoms with van der Waals surface area (Å²) in [5, 5.41) is 4.51. The van der Waals surface area contributed by atoms with Gasteiger partial charge in [-0.1, -0.05) is 13.8 Å². The number of aromatic nitrogens is 2. The number of piperidine rings is 1. The summed E-state index contributed by atoms with van der Waals surface area (Å²) in [5.41, 5.74) is 2.72. The van der Waals surface area contributed by atoms with Gasteiger partial charge in [0.15, 0.2) is 0 Å². The molecule has 2 fully saturated rings. The summed E-state index contributed by atoms with van der Waals surface area (Å²) >= 11 is 0. The van der Waals surface area contributed by atoms with Crippen LogP contribution in [0.15, 0.2) is 30.3 Å². The summed E-state index contributed by atoms with van der Waals surface area (Å²) < 4.78 is 14.9. The molecule has 4 rings (SSSR count). The minimum atomic E-state index is -0.196. The Morgan fingerprint density at radius 1 is 1.10 bits per heavy atom. The number of hydrogen-bond donors (Lipinski definition) is 0. The van der Waals surface area contributed by atoms with Crippen LogP contribution in [0.25, 0.3) is 0 Å². The molecule has 6 nitrogen and oxygen atoms in total. The van der Waals surface area contributed by atoms with Crippen LogP contribution < -0.4 is 4.90 Å². The molecule has 2 aliphatic rings. The number of likely N-dealkylation sites (tertiary alicyclic amines) is 1. The highest BCUT2D eigenvalue weighted by Crippen LogP contribution is 2.23. The summed E-state index contributed by atoms with van der Waals surface area (Å²) in [4.78, 5) is 20.0. The molecule has 1 unspecified atom stereocenters. The van der Waals surface area contributed by atoms with E-state index in [4.69, 9.17) is 0 Å². The molecular weight excluding hydrogens is 381 g/mol. The lowest BCUT2D eigenvalue weighted by atomic mass is 10.0. The SMILES string of the molecule is CC(C)c1cc(C(=O)N2CCCC(N3CCN(c4ccc(F)cc4)CC3)C2)n(C)n1. The van der Waals surface area contributed by atoms with Crippen LogP contribution in [0.1, 0.15) is 48.8 Å². The van der Waals surface area contributed by atoms with Crippen LogP contribution in [0.2, 0.25) is 0 Å². The van der Waals surface area contributed by atoms with Gasteiger partial charge in [-0.25, -0.2) is 4.39 Å².